The Bertz CT molecular complexity index is 2200. The molecule has 0 bridgehead atoms. The van der Waals surface area contributed by atoms with Crippen molar-refractivity contribution in [3.8, 4) is 28.0 Å². The minimum atomic E-state index is -1.21. The van der Waals surface area contributed by atoms with E-state index in [1.54, 1.807) is 22.7 Å². The lowest BCUT2D eigenvalue weighted by atomic mass is 10.1. The minimum Gasteiger partial charge on any atom is -0.494 e. The van der Waals surface area contributed by atoms with Gasteiger partial charge in [0, 0.05) is 33.4 Å². The number of nitrogens with zero attached hydrogens (tertiary/aromatic N) is 3. The molecule has 0 amide bonds. The molecule has 0 atom stereocenters. The second-order valence-corrected chi connectivity index (χ2v) is 16.7. The van der Waals surface area contributed by atoms with Crippen LogP contribution in [0, 0.1) is 11.3 Å². The fourth-order valence-electron chi connectivity index (χ4n) is 7.12. The molecule has 0 radical (unpaired) electrons. The number of benzene rings is 3. The van der Waals surface area contributed by atoms with Crippen LogP contribution in [0.2, 0.25) is 0 Å². The lowest BCUT2D eigenvalue weighted by molar-refractivity contribution is -0.132. The second kappa shape index (κ2) is 20.9. The maximum absolute atomic E-state index is 11.6. The van der Waals surface area contributed by atoms with Gasteiger partial charge in [0.1, 0.15) is 23.1 Å². The average molecular weight is 802 g/mol. The average Bonchev–Trinajstić information content (AvgIpc) is 3.92. The first-order valence-corrected chi connectivity index (χ1v) is 22.3. The molecule has 3 aromatic heterocycles. The molecule has 7 nitrogen and oxygen atoms in total. The van der Waals surface area contributed by atoms with Gasteiger partial charge in [0.2, 0.25) is 0 Å². The summed E-state index contributed by atoms with van der Waals surface area (Å²) in [6, 6.07) is 31.7. The van der Waals surface area contributed by atoms with Gasteiger partial charge in [-0.1, -0.05) is 90.7 Å². The van der Waals surface area contributed by atoms with Crippen molar-refractivity contribution >= 4 is 72.2 Å². The Morgan fingerprint density at radius 2 is 1.18 bits per heavy atom. The van der Waals surface area contributed by atoms with Gasteiger partial charge in [-0.2, -0.15) is 5.26 Å². The number of aromatic nitrogens is 1. The number of aliphatic carboxylic acids is 1. The first-order valence-electron chi connectivity index (χ1n) is 20.7. The monoisotopic (exact) mass is 801 g/mol. The van der Waals surface area contributed by atoms with Crippen molar-refractivity contribution in [2.45, 2.75) is 104 Å². The molecule has 0 unspecified atom stereocenters. The number of nitriles is 1. The molecule has 3 heterocycles. The Balaban J connectivity index is 1.29. The molecule has 0 spiro atoms. The smallest absolute Gasteiger partial charge is 0.346 e. The van der Waals surface area contributed by atoms with Crippen LogP contribution in [0.5, 0.6) is 11.5 Å². The maximum atomic E-state index is 11.6. The molecule has 0 saturated carbocycles. The summed E-state index contributed by atoms with van der Waals surface area (Å²) in [6.07, 6.45) is 15.5. The topological polar surface area (TPSA) is 87.7 Å². The molecule has 1 N–H and O–H groups in total. The zero-order chi connectivity index (χ0) is 40.0. The number of carbonyl (C=O) groups is 1. The highest BCUT2D eigenvalue weighted by Gasteiger charge is 2.20. The van der Waals surface area contributed by atoms with Crippen molar-refractivity contribution in [1.29, 1.82) is 5.26 Å². The summed E-state index contributed by atoms with van der Waals surface area (Å²) in [7, 11) is 0. The van der Waals surface area contributed by atoms with Gasteiger partial charge in [-0.05, 0) is 104 Å². The number of ether oxygens (including phenoxy) is 2. The van der Waals surface area contributed by atoms with Gasteiger partial charge in [-0.25, -0.2) is 4.79 Å². The number of aryl methyl sites for hydroxylation is 1. The van der Waals surface area contributed by atoms with Crippen LogP contribution in [0.15, 0.2) is 90.5 Å². The Kier molecular flexibility index (Phi) is 15.3. The van der Waals surface area contributed by atoms with E-state index in [4.69, 9.17) is 9.47 Å². The number of rotatable bonds is 23. The number of anilines is 3. The van der Waals surface area contributed by atoms with Gasteiger partial charge >= 0.3 is 5.97 Å². The van der Waals surface area contributed by atoms with Crippen LogP contribution in [-0.4, -0.2) is 28.9 Å². The van der Waals surface area contributed by atoms with E-state index in [0.717, 1.165) is 94.7 Å². The second-order valence-electron chi connectivity index (χ2n) is 14.6. The quantitative estimate of drug-likeness (QED) is 0.0394. The van der Waals surface area contributed by atoms with Crippen molar-refractivity contribution in [1.82, 2.24) is 4.57 Å². The van der Waals surface area contributed by atoms with Gasteiger partial charge in [-0.3, -0.25) is 0 Å². The van der Waals surface area contributed by atoms with Crippen LogP contribution in [0.3, 0.4) is 0 Å². The molecule has 0 fully saturated rings. The van der Waals surface area contributed by atoms with Crippen LogP contribution in [0.4, 0.5) is 17.1 Å². The molecule has 0 saturated heterocycles. The van der Waals surface area contributed by atoms with Gasteiger partial charge in [0.05, 0.1) is 33.6 Å². The molecule has 3 aromatic carbocycles. The van der Waals surface area contributed by atoms with E-state index >= 15 is 0 Å². The van der Waals surface area contributed by atoms with E-state index in [-0.39, 0.29) is 5.57 Å². The molecule has 0 aliphatic rings. The Labute approximate surface area is 345 Å². The number of carboxylic acid groups (broad SMARTS) is 1. The van der Waals surface area contributed by atoms with Gasteiger partial charge in [0.15, 0.2) is 0 Å². The predicted molar refractivity (Wildman–Crippen MR) is 240 cm³/mol. The summed E-state index contributed by atoms with van der Waals surface area (Å²) in [5.74, 6) is 0.556. The van der Waals surface area contributed by atoms with Crippen LogP contribution >= 0.6 is 22.7 Å². The van der Waals surface area contributed by atoms with Gasteiger partial charge in [0.25, 0.3) is 0 Å². The molecule has 0 aliphatic heterocycles. The van der Waals surface area contributed by atoms with Crippen LogP contribution in [-0.2, 0) is 11.3 Å². The maximum Gasteiger partial charge on any atom is 0.346 e. The van der Waals surface area contributed by atoms with Crippen LogP contribution in [0.25, 0.3) is 36.9 Å². The summed E-state index contributed by atoms with van der Waals surface area (Å²) in [5, 5.41) is 18.9. The van der Waals surface area contributed by atoms with Crippen molar-refractivity contribution in [2.24, 2.45) is 0 Å². The normalized spacial score (nSPS) is 11.6. The van der Waals surface area contributed by atoms with Crippen LogP contribution in [0.1, 0.15) is 103 Å². The molecule has 0 aliphatic carbocycles. The zero-order valence-electron chi connectivity index (χ0n) is 33.6. The first-order chi connectivity index (χ1) is 27.9. The van der Waals surface area contributed by atoms with E-state index in [1.165, 1.54) is 72.5 Å². The highest BCUT2D eigenvalue weighted by Crippen LogP contribution is 2.45. The highest BCUT2D eigenvalue weighted by molar-refractivity contribution is 7.29. The zero-order valence-corrected chi connectivity index (χ0v) is 35.2. The summed E-state index contributed by atoms with van der Waals surface area (Å²) in [6.45, 7) is 9.01. The van der Waals surface area contributed by atoms with Crippen molar-refractivity contribution in [3.63, 3.8) is 0 Å². The lowest BCUT2D eigenvalue weighted by Crippen LogP contribution is -2.10. The third-order valence-electron chi connectivity index (χ3n) is 10.2. The molecule has 6 aromatic rings. The van der Waals surface area contributed by atoms with E-state index in [9.17, 15) is 15.2 Å². The number of unbranched alkanes of at least 4 members (excludes halogenated alkanes) is 9. The summed E-state index contributed by atoms with van der Waals surface area (Å²) in [5.41, 5.74) is 6.32. The number of carboxylic acids is 1. The molecular formula is C48H55N3O4S2. The van der Waals surface area contributed by atoms with Gasteiger partial charge in [-0.15, -0.1) is 22.7 Å². The molecule has 57 heavy (non-hydrogen) atoms. The largest absolute Gasteiger partial charge is 0.494 e. The minimum absolute atomic E-state index is 0.255. The van der Waals surface area contributed by atoms with E-state index in [1.807, 2.05) is 12.1 Å². The van der Waals surface area contributed by atoms with E-state index in [2.05, 4.69) is 109 Å². The Morgan fingerprint density at radius 1 is 0.684 bits per heavy atom. The number of hydrogen-bond donors (Lipinski definition) is 1. The fourth-order valence-corrected chi connectivity index (χ4v) is 9.53. The van der Waals surface area contributed by atoms with Gasteiger partial charge < -0.3 is 24.0 Å². The lowest BCUT2D eigenvalue weighted by Gasteiger charge is -2.26. The first kappa shape index (κ1) is 41.6. The van der Waals surface area contributed by atoms with E-state index in [0.29, 0.717) is 0 Å². The SMILES string of the molecule is CCCCCCOc1ccc(N(c2ccc(OCCCCCC)cc2)c2ccc(-c3cc4c(s3)c3sc(/C=C(\C#N)C(=O)O)cc3n4CCCCCC)cc2)cc1. The van der Waals surface area contributed by atoms with E-state index < -0.39 is 5.97 Å². The summed E-state index contributed by atoms with van der Waals surface area (Å²) in [4.78, 5) is 15.8. The molecule has 9 heteroatoms. The van der Waals surface area contributed by atoms with Crippen molar-refractivity contribution in [3.05, 3.63) is 95.4 Å². The molecule has 298 valence electrons. The molecular weight excluding hydrogens is 747 g/mol. The Morgan fingerprint density at radius 3 is 1.68 bits per heavy atom. The highest BCUT2D eigenvalue weighted by atomic mass is 32.1. The number of thiophene rings is 2. The number of hydrogen-bond acceptors (Lipinski definition) is 7. The fraction of sp³-hybridized carbons (Fsp3) is 0.375. The summed E-state index contributed by atoms with van der Waals surface area (Å²) < 4.78 is 16.9. The Hall–Kier alpha value is -5.04. The standard InChI is InChI=1S/C48H55N3O4S2/c1-4-7-10-13-28-50-43-32-42(31-36(34-49)48(52)53)56-46(43)47-44(50)33-45(57-47)35-16-18-37(19-17-35)51(38-20-24-40(25-21-38)54-29-14-11-8-5-2)39-22-26-41(27-23-39)55-30-15-12-9-6-3/h16-27,31-33H,4-15,28-30H2,1-3H3,(H,52,53)/b36-31+. The third-order valence-corrected chi connectivity index (χ3v) is 12.6. The predicted octanol–water partition coefficient (Wildman–Crippen LogP) is 14.5. The van der Waals surface area contributed by atoms with Crippen LogP contribution < -0.4 is 14.4 Å². The van der Waals surface area contributed by atoms with Crippen molar-refractivity contribution in [2.75, 3.05) is 18.1 Å². The number of fused-ring (bicyclic) bond motifs is 3. The summed E-state index contributed by atoms with van der Waals surface area (Å²) >= 11 is 3.32. The van der Waals surface area contributed by atoms with Crippen molar-refractivity contribution < 1.29 is 19.4 Å². The third kappa shape index (κ3) is 10.7. The molecule has 6 rings (SSSR count).